The average molecular weight is 393 g/mol. The van der Waals surface area contributed by atoms with E-state index < -0.39 is 0 Å². The van der Waals surface area contributed by atoms with Crippen LogP contribution in [0.3, 0.4) is 0 Å². The maximum atomic E-state index is 13.3. The lowest BCUT2D eigenvalue weighted by Crippen LogP contribution is -2.04. The van der Waals surface area contributed by atoms with Gasteiger partial charge in [-0.15, -0.1) is 0 Å². The Morgan fingerprint density at radius 2 is 2.09 bits per heavy atom. The topological polar surface area (TPSA) is 29.9 Å². The van der Waals surface area contributed by atoms with Gasteiger partial charge in [-0.3, -0.25) is 0 Å². The van der Waals surface area contributed by atoms with Gasteiger partial charge in [0.25, 0.3) is 0 Å². The summed E-state index contributed by atoms with van der Waals surface area (Å²) in [7, 11) is 0. The Labute approximate surface area is 146 Å². The van der Waals surface area contributed by atoms with E-state index in [-0.39, 0.29) is 5.82 Å². The number of benzene rings is 2. The van der Waals surface area contributed by atoms with Crippen molar-refractivity contribution < 1.29 is 4.39 Å². The Hall–Kier alpha value is -1.85. The van der Waals surface area contributed by atoms with Gasteiger partial charge >= 0.3 is 0 Å². The van der Waals surface area contributed by atoms with Crippen molar-refractivity contribution >= 4 is 33.3 Å². The van der Waals surface area contributed by atoms with Gasteiger partial charge in [-0.1, -0.05) is 33.6 Å². The van der Waals surface area contributed by atoms with Crippen molar-refractivity contribution in [1.29, 1.82) is 0 Å². The highest BCUT2D eigenvalue weighted by Crippen LogP contribution is 2.37. The Morgan fingerprint density at radius 3 is 2.87 bits per heavy atom. The second kappa shape index (κ2) is 5.65. The minimum Gasteiger partial charge on any atom is -0.369 e. The molecule has 2 heterocycles. The first-order valence-electron chi connectivity index (χ1n) is 7.20. The van der Waals surface area contributed by atoms with Crippen LogP contribution in [0.5, 0.6) is 0 Å². The molecule has 1 N–H and O–H groups in total. The van der Waals surface area contributed by atoms with Gasteiger partial charge in [0.05, 0.1) is 16.4 Å². The first-order valence-corrected chi connectivity index (χ1v) is 8.38. The second-order valence-corrected chi connectivity index (χ2v) is 6.69. The zero-order valence-electron chi connectivity index (χ0n) is 12.0. The van der Waals surface area contributed by atoms with Crippen LogP contribution in [0.2, 0.25) is 5.02 Å². The Balaban J connectivity index is 1.91. The minimum atomic E-state index is -0.347. The van der Waals surface area contributed by atoms with Gasteiger partial charge in [-0.2, -0.15) is 5.10 Å². The fourth-order valence-electron chi connectivity index (χ4n) is 2.87. The number of rotatable bonds is 2. The first-order chi connectivity index (χ1) is 11.1. The first kappa shape index (κ1) is 14.7. The summed E-state index contributed by atoms with van der Waals surface area (Å²) in [4.78, 5) is 0. The highest BCUT2D eigenvalue weighted by Gasteiger charge is 2.25. The molecule has 0 amide bonds. The molecule has 2 aromatic carbocycles. The van der Waals surface area contributed by atoms with Gasteiger partial charge in [-0.25, -0.2) is 9.07 Å². The highest BCUT2D eigenvalue weighted by atomic mass is 79.9. The largest absolute Gasteiger partial charge is 0.369 e. The summed E-state index contributed by atoms with van der Waals surface area (Å²) in [5.41, 5.74) is 3.62. The fraction of sp³-hybridized carbons (Fsp3) is 0.118. The van der Waals surface area contributed by atoms with Crippen LogP contribution >= 0.6 is 27.5 Å². The monoisotopic (exact) mass is 391 g/mol. The van der Waals surface area contributed by atoms with Crippen molar-refractivity contribution in [2.75, 3.05) is 11.9 Å². The molecular formula is C17H12BrClFN3. The predicted molar refractivity (Wildman–Crippen MR) is 93.9 cm³/mol. The number of hydrogen-bond donors (Lipinski definition) is 1. The van der Waals surface area contributed by atoms with E-state index in [0.29, 0.717) is 5.02 Å². The van der Waals surface area contributed by atoms with Gasteiger partial charge < -0.3 is 5.32 Å². The number of fused-ring (bicyclic) bond motifs is 1. The maximum absolute atomic E-state index is 13.3. The third-order valence-electron chi connectivity index (χ3n) is 3.89. The standard InChI is InChI=1S/C17H12BrClFN3/c18-10-2-1-3-12(8-10)23-17-14(6-7-21-17)16(22-23)13-5-4-11(20)9-15(13)19/h1-5,8-9,21H,6-7H2. The molecule has 0 atom stereocenters. The molecule has 0 bridgehead atoms. The van der Waals surface area contributed by atoms with Crippen LogP contribution < -0.4 is 5.32 Å². The van der Waals surface area contributed by atoms with Crippen molar-refractivity contribution in [3.8, 4) is 16.9 Å². The Kier molecular flexibility index (Phi) is 3.62. The van der Waals surface area contributed by atoms with E-state index in [1.54, 1.807) is 6.07 Å². The van der Waals surface area contributed by atoms with Gasteiger partial charge in [0, 0.05) is 22.1 Å². The third-order valence-corrected chi connectivity index (χ3v) is 4.70. The van der Waals surface area contributed by atoms with Gasteiger partial charge in [-0.05, 0) is 42.8 Å². The molecule has 0 spiro atoms. The predicted octanol–water partition coefficient (Wildman–Crippen LogP) is 5.06. The van der Waals surface area contributed by atoms with Gasteiger partial charge in [0.15, 0.2) is 0 Å². The molecule has 3 nitrogen and oxygen atoms in total. The molecule has 0 saturated carbocycles. The molecule has 0 aliphatic carbocycles. The Morgan fingerprint density at radius 1 is 1.22 bits per heavy atom. The third kappa shape index (κ3) is 2.54. The van der Waals surface area contributed by atoms with Gasteiger partial charge in [0.2, 0.25) is 0 Å². The lowest BCUT2D eigenvalue weighted by molar-refractivity contribution is 0.628. The summed E-state index contributed by atoms with van der Waals surface area (Å²) < 4.78 is 16.2. The molecule has 4 rings (SSSR count). The normalized spacial score (nSPS) is 13.0. The molecule has 0 saturated heterocycles. The molecule has 1 aromatic heterocycles. The molecule has 1 aliphatic heterocycles. The zero-order valence-corrected chi connectivity index (χ0v) is 14.3. The van der Waals surface area contributed by atoms with Crippen LogP contribution in [-0.4, -0.2) is 16.3 Å². The molecule has 23 heavy (non-hydrogen) atoms. The van der Waals surface area contributed by atoms with Crippen molar-refractivity contribution in [2.45, 2.75) is 6.42 Å². The van der Waals surface area contributed by atoms with Crippen molar-refractivity contribution in [3.63, 3.8) is 0 Å². The smallest absolute Gasteiger partial charge is 0.133 e. The number of halogens is 3. The van der Waals surface area contributed by atoms with E-state index in [2.05, 4.69) is 21.2 Å². The van der Waals surface area contributed by atoms with Crippen LogP contribution in [0.4, 0.5) is 10.2 Å². The number of hydrogen-bond acceptors (Lipinski definition) is 2. The highest BCUT2D eigenvalue weighted by molar-refractivity contribution is 9.10. The molecule has 116 valence electrons. The molecule has 0 unspecified atom stereocenters. The minimum absolute atomic E-state index is 0.347. The van der Waals surface area contributed by atoms with E-state index in [1.165, 1.54) is 12.1 Å². The van der Waals surface area contributed by atoms with E-state index in [9.17, 15) is 4.39 Å². The summed E-state index contributed by atoms with van der Waals surface area (Å²) in [5.74, 6) is 0.624. The van der Waals surface area contributed by atoms with Crippen LogP contribution in [0.25, 0.3) is 16.9 Å². The maximum Gasteiger partial charge on any atom is 0.133 e. The molecule has 0 radical (unpaired) electrons. The molecule has 3 aromatic rings. The zero-order chi connectivity index (χ0) is 16.0. The van der Waals surface area contributed by atoms with E-state index in [4.69, 9.17) is 16.7 Å². The second-order valence-electron chi connectivity index (χ2n) is 5.37. The van der Waals surface area contributed by atoms with E-state index in [0.717, 1.165) is 45.8 Å². The van der Waals surface area contributed by atoms with E-state index >= 15 is 0 Å². The van der Waals surface area contributed by atoms with Crippen molar-refractivity contribution in [2.24, 2.45) is 0 Å². The molecular weight excluding hydrogens is 381 g/mol. The number of nitrogens with zero attached hydrogens (tertiary/aromatic N) is 2. The van der Waals surface area contributed by atoms with Crippen LogP contribution in [0, 0.1) is 5.82 Å². The molecule has 6 heteroatoms. The van der Waals surface area contributed by atoms with Crippen LogP contribution in [0.15, 0.2) is 46.9 Å². The fourth-order valence-corrected chi connectivity index (χ4v) is 3.51. The summed E-state index contributed by atoms with van der Waals surface area (Å²) in [6.07, 6.45) is 0.867. The Bertz CT molecular complexity index is 907. The van der Waals surface area contributed by atoms with Crippen LogP contribution in [-0.2, 0) is 6.42 Å². The number of aromatic nitrogens is 2. The summed E-state index contributed by atoms with van der Waals surface area (Å²) in [6.45, 7) is 0.854. The average Bonchev–Trinajstić information content (AvgIpc) is 3.10. The summed E-state index contributed by atoms with van der Waals surface area (Å²) in [6, 6.07) is 12.4. The number of nitrogens with one attached hydrogen (secondary N) is 1. The SMILES string of the molecule is Fc1ccc(-c2nn(-c3cccc(Br)c3)c3c2CCN3)c(Cl)c1. The van der Waals surface area contributed by atoms with Crippen LogP contribution in [0.1, 0.15) is 5.56 Å². The van der Waals surface area contributed by atoms with E-state index in [1.807, 2.05) is 28.9 Å². The van der Waals surface area contributed by atoms with Crippen molar-refractivity contribution in [3.05, 3.63) is 63.3 Å². The van der Waals surface area contributed by atoms with Crippen molar-refractivity contribution in [1.82, 2.24) is 9.78 Å². The quantitative estimate of drug-likeness (QED) is 0.660. The summed E-state index contributed by atoms with van der Waals surface area (Å²) >= 11 is 9.72. The molecule has 0 fully saturated rings. The lowest BCUT2D eigenvalue weighted by Gasteiger charge is -2.07. The summed E-state index contributed by atoms with van der Waals surface area (Å²) in [5, 5.41) is 8.48. The lowest BCUT2D eigenvalue weighted by atomic mass is 10.1. The number of anilines is 1. The van der Waals surface area contributed by atoms with Gasteiger partial charge in [0.1, 0.15) is 11.6 Å². The molecule has 1 aliphatic rings.